The highest BCUT2D eigenvalue weighted by Gasteiger charge is 2.21. The number of ether oxygens (including phenoxy) is 1. The molecule has 1 unspecified atom stereocenters. The van der Waals surface area contributed by atoms with Crippen LogP contribution in [0.1, 0.15) is 34.6 Å². The molecule has 0 rings (SSSR count). The Morgan fingerprint density at radius 3 is 2.40 bits per heavy atom. The van der Waals surface area contributed by atoms with Crippen LogP contribution >= 0.6 is 11.8 Å². The quantitative estimate of drug-likeness (QED) is 0.713. The minimum absolute atomic E-state index is 0.142. The Morgan fingerprint density at radius 1 is 1.40 bits per heavy atom. The van der Waals surface area contributed by atoms with Gasteiger partial charge in [-0.3, -0.25) is 4.79 Å². The first-order valence-corrected chi connectivity index (χ1v) is 6.43. The Kier molecular flexibility index (Phi) is 7.02. The van der Waals surface area contributed by atoms with Crippen LogP contribution < -0.4 is 5.32 Å². The summed E-state index contributed by atoms with van der Waals surface area (Å²) >= 11 is 1.77. The Hall–Kier alpha value is -0.220. The van der Waals surface area contributed by atoms with Gasteiger partial charge in [-0.15, -0.1) is 0 Å². The number of nitrogens with one attached hydrogen (secondary N) is 1. The molecule has 0 aliphatic rings. The molecule has 1 atom stereocenters. The maximum Gasteiger partial charge on any atom is 0.323 e. The molecule has 0 aliphatic heterocycles. The molecule has 0 bridgehead atoms. The van der Waals surface area contributed by atoms with Crippen LogP contribution in [-0.4, -0.2) is 35.7 Å². The van der Waals surface area contributed by atoms with Gasteiger partial charge in [-0.25, -0.2) is 0 Å². The summed E-state index contributed by atoms with van der Waals surface area (Å²) in [5, 5.41) is 3.14. The summed E-state index contributed by atoms with van der Waals surface area (Å²) in [5.41, 5.74) is 0. The van der Waals surface area contributed by atoms with Crippen molar-refractivity contribution in [3.8, 4) is 0 Å². The van der Waals surface area contributed by atoms with Gasteiger partial charge >= 0.3 is 5.97 Å². The highest BCUT2D eigenvalue weighted by atomic mass is 32.2. The van der Waals surface area contributed by atoms with Crippen molar-refractivity contribution in [2.45, 2.75) is 45.4 Å². The topological polar surface area (TPSA) is 38.3 Å². The van der Waals surface area contributed by atoms with Crippen molar-refractivity contribution in [3.05, 3.63) is 0 Å². The summed E-state index contributed by atoms with van der Waals surface area (Å²) in [4.78, 5) is 11.6. The van der Waals surface area contributed by atoms with Crippen molar-refractivity contribution in [2.24, 2.45) is 0 Å². The average Bonchev–Trinajstić information content (AvgIpc) is 2.11. The third-order valence-corrected chi connectivity index (χ3v) is 3.07. The monoisotopic (exact) mass is 233 g/mol. The van der Waals surface area contributed by atoms with Crippen LogP contribution in [0.15, 0.2) is 0 Å². The zero-order valence-electron chi connectivity index (χ0n) is 10.4. The number of rotatable bonds is 6. The van der Waals surface area contributed by atoms with Crippen LogP contribution in [-0.2, 0) is 9.53 Å². The fourth-order valence-corrected chi connectivity index (χ4v) is 1.95. The van der Waals surface area contributed by atoms with Gasteiger partial charge in [-0.2, -0.15) is 11.8 Å². The fourth-order valence-electron chi connectivity index (χ4n) is 1.03. The third kappa shape index (κ3) is 7.68. The zero-order valence-corrected chi connectivity index (χ0v) is 11.2. The molecule has 15 heavy (non-hydrogen) atoms. The molecule has 0 saturated heterocycles. The number of likely N-dealkylation sites (N-methyl/N-ethyl adjacent to an activating group) is 1. The van der Waals surface area contributed by atoms with E-state index < -0.39 is 0 Å². The summed E-state index contributed by atoms with van der Waals surface area (Å²) in [6.07, 6.45) is 0. The van der Waals surface area contributed by atoms with Crippen LogP contribution in [0.25, 0.3) is 0 Å². The van der Waals surface area contributed by atoms with E-state index in [0.717, 1.165) is 12.3 Å². The van der Waals surface area contributed by atoms with E-state index in [2.05, 4.69) is 26.1 Å². The van der Waals surface area contributed by atoms with Crippen LogP contribution in [0.5, 0.6) is 0 Å². The maximum atomic E-state index is 11.6. The molecule has 0 spiro atoms. The molecule has 90 valence electrons. The van der Waals surface area contributed by atoms with Gasteiger partial charge in [0.05, 0.1) is 6.61 Å². The summed E-state index contributed by atoms with van der Waals surface area (Å²) in [6, 6.07) is -0.181. The standard InChI is InChI=1S/C11H23NO2S/c1-6-12-9(10(13)14-7-2)8-15-11(3,4)5/h9,12H,6-8H2,1-5H3. The lowest BCUT2D eigenvalue weighted by Crippen LogP contribution is -2.40. The minimum atomic E-state index is -0.181. The molecule has 0 amide bonds. The fraction of sp³-hybridized carbons (Fsp3) is 0.909. The van der Waals surface area contributed by atoms with E-state index in [-0.39, 0.29) is 16.8 Å². The van der Waals surface area contributed by atoms with Crippen molar-refractivity contribution in [1.29, 1.82) is 0 Å². The van der Waals surface area contributed by atoms with E-state index in [9.17, 15) is 4.79 Å². The van der Waals surface area contributed by atoms with Crippen LogP contribution in [0, 0.1) is 0 Å². The highest BCUT2D eigenvalue weighted by molar-refractivity contribution is 8.00. The van der Waals surface area contributed by atoms with E-state index in [1.54, 1.807) is 11.8 Å². The number of thioether (sulfide) groups is 1. The molecule has 0 aliphatic carbocycles. The van der Waals surface area contributed by atoms with Gasteiger partial charge in [-0.1, -0.05) is 27.7 Å². The Morgan fingerprint density at radius 2 is 2.00 bits per heavy atom. The molecule has 4 heteroatoms. The summed E-state index contributed by atoms with van der Waals surface area (Å²) in [6.45, 7) is 11.5. The molecule has 0 aromatic rings. The molecular formula is C11H23NO2S. The van der Waals surface area contributed by atoms with Crippen molar-refractivity contribution < 1.29 is 9.53 Å². The van der Waals surface area contributed by atoms with Gasteiger partial charge in [0.25, 0.3) is 0 Å². The lowest BCUT2D eigenvalue weighted by molar-refractivity contribution is -0.144. The Labute approximate surface area is 97.3 Å². The molecular weight excluding hydrogens is 210 g/mol. The Balaban J connectivity index is 4.09. The van der Waals surface area contributed by atoms with Crippen LogP contribution in [0.4, 0.5) is 0 Å². The lowest BCUT2D eigenvalue weighted by Gasteiger charge is -2.22. The zero-order chi connectivity index (χ0) is 11.9. The van der Waals surface area contributed by atoms with Crippen molar-refractivity contribution in [1.82, 2.24) is 5.32 Å². The molecule has 0 aromatic heterocycles. The van der Waals surface area contributed by atoms with Crippen molar-refractivity contribution >= 4 is 17.7 Å². The van der Waals surface area contributed by atoms with E-state index in [0.29, 0.717) is 6.61 Å². The smallest absolute Gasteiger partial charge is 0.323 e. The van der Waals surface area contributed by atoms with Gasteiger partial charge in [0.15, 0.2) is 0 Å². The lowest BCUT2D eigenvalue weighted by atomic mass is 10.3. The average molecular weight is 233 g/mol. The van der Waals surface area contributed by atoms with E-state index in [4.69, 9.17) is 4.74 Å². The second-order valence-corrected chi connectivity index (χ2v) is 6.13. The number of esters is 1. The van der Waals surface area contributed by atoms with E-state index >= 15 is 0 Å². The number of hydrogen-bond donors (Lipinski definition) is 1. The van der Waals surface area contributed by atoms with E-state index in [1.165, 1.54) is 0 Å². The van der Waals surface area contributed by atoms with Gasteiger partial charge in [0.2, 0.25) is 0 Å². The van der Waals surface area contributed by atoms with Gasteiger partial charge in [-0.05, 0) is 13.5 Å². The predicted octanol–water partition coefficient (Wildman–Crippen LogP) is 2.06. The summed E-state index contributed by atoms with van der Waals surface area (Å²) in [7, 11) is 0. The summed E-state index contributed by atoms with van der Waals surface area (Å²) < 4.78 is 5.19. The molecule has 0 radical (unpaired) electrons. The molecule has 0 heterocycles. The first-order valence-electron chi connectivity index (χ1n) is 5.44. The second-order valence-electron chi connectivity index (χ2n) is 4.29. The van der Waals surface area contributed by atoms with Crippen molar-refractivity contribution in [3.63, 3.8) is 0 Å². The van der Waals surface area contributed by atoms with Crippen LogP contribution in [0.3, 0.4) is 0 Å². The predicted molar refractivity (Wildman–Crippen MR) is 66.3 cm³/mol. The third-order valence-electron chi connectivity index (χ3n) is 1.70. The van der Waals surface area contributed by atoms with E-state index in [1.807, 2.05) is 13.8 Å². The Bertz CT molecular complexity index is 190. The number of carbonyl (C=O) groups excluding carboxylic acids is 1. The number of carbonyl (C=O) groups is 1. The first kappa shape index (κ1) is 14.8. The number of hydrogen-bond acceptors (Lipinski definition) is 4. The normalized spacial score (nSPS) is 13.7. The SMILES string of the molecule is CCNC(CSC(C)(C)C)C(=O)OCC. The maximum absolute atomic E-state index is 11.6. The molecule has 3 nitrogen and oxygen atoms in total. The second kappa shape index (κ2) is 7.12. The highest BCUT2D eigenvalue weighted by Crippen LogP contribution is 2.23. The minimum Gasteiger partial charge on any atom is -0.465 e. The molecule has 0 aromatic carbocycles. The van der Waals surface area contributed by atoms with Crippen LogP contribution in [0.2, 0.25) is 0 Å². The van der Waals surface area contributed by atoms with Gasteiger partial charge in [0.1, 0.15) is 6.04 Å². The first-order chi connectivity index (χ1) is 6.90. The molecule has 0 saturated carbocycles. The summed E-state index contributed by atoms with van der Waals surface area (Å²) in [5.74, 6) is 0.618. The molecule has 0 fully saturated rings. The van der Waals surface area contributed by atoms with Gasteiger partial charge in [0, 0.05) is 10.5 Å². The largest absolute Gasteiger partial charge is 0.465 e. The van der Waals surface area contributed by atoms with Crippen molar-refractivity contribution in [2.75, 3.05) is 18.9 Å². The molecule has 1 N–H and O–H groups in total. The van der Waals surface area contributed by atoms with Gasteiger partial charge < -0.3 is 10.1 Å².